The Kier molecular flexibility index (Phi) is 4.24. The lowest BCUT2D eigenvalue weighted by molar-refractivity contribution is 0.198. The van der Waals surface area contributed by atoms with Crippen molar-refractivity contribution in [3.8, 4) is 0 Å². The van der Waals surface area contributed by atoms with E-state index in [1.165, 1.54) is 32.9 Å². The topological polar surface area (TPSA) is 66.4 Å². The quantitative estimate of drug-likeness (QED) is 0.853. The van der Waals surface area contributed by atoms with E-state index in [4.69, 9.17) is 5.11 Å². The number of hydrogen-bond donors (Lipinski definition) is 2. The summed E-state index contributed by atoms with van der Waals surface area (Å²) in [6, 6.07) is 2.34. The molecule has 1 aromatic rings. The van der Waals surface area contributed by atoms with Crippen LogP contribution in [0, 0.1) is 19.7 Å². The number of aryl methyl sites for hydroxylation is 2. The Morgan fingerprint density at radius 1 is 1.35 bits per heavy atom. The summed E-state index contributed by atoms with van der Waals surface area (Å²) >= 11 is 0. The Labute approximate surface area is 101 Å². The summed E-state index contributed by atoms with van der Waals surface area (Å²) in [6.07, 6.45) is -0.772. The molecule has 0 spiro atoms. The first-order valence-corrected chi connectivity index (χ1v) is 6.67. The molecule has 0 saturated carbocycles. The number of nitrogens with one attached hydrogen (secondary N) is 1. The Morgan fingerprint density at radius 3 is 2.24 bits per heavy atom. The maximum absolute atomic E-state index is 13.1. The second kappa shape index (κ2) is 5.12. The molecule has 6 heteroatoms. The highest BCUT2D eigenvalue weighted by atomic mass is 32.2. The van der Waals surface area contributed by atoms with Gasteiger partial charge in [0.05, 0.1) is 11.0 Å². The number of rotatable bonds is 4. The second-order valence-electron chi connectivity index (χ2n) is 4.07. The van der Waals surface area contributed by atoms with Gasteiger partial charge in [-0.1, -0.05) is 0 Å². The van der Waals surface area contributed by atoms with E-state index in [-0.39, 0.29) is 11.4 Å². The summed E-state index contributed by atoms with van der Waals surface area (Å²) in [6.45, 7) is 4.48. The molecule has 0 heterocycles. The van der Waals surface area contributed by atoms with Gasteiger partial charge in [-0.15, -0.1) is 0 Å². The van der Waals surface area contributed by atoms with Crippen LogP contribution in [0.2, 0.25) is 0 Å². The van der Waals surface area contributed by atoms with Crippen LogP contribution in [-0.4, -0.2) is 26.2 Å². The van der Waals surface area contributed by atoms with E-state index >= 15 is 0 Å². The Hall–Kier alpha value is -0.980. The highest BCUT2D eigenvalue weighted by molar-refractivity contribution is 7.89. The van der Waals surface area contributed by atoms with Crippen molar-refractivity contribution in [1.82, 2.24) is 4.72 Å². The minimum absolute atomic E-state index is 0.0690. The first-order chi connectivity index (χ1) is 7.74. The zero-order valence-electron chi connectivity index (χ0n) is 9.99. The Bertz CT molecular complexity index is 488. The van der Waals surface area contributed by atoms with Gasteiger partial charge in [0.15, 0.2) is 0 Å². The molecule has 1 unspecified atom stereocenters. The number of sulfonamides is 1. The van der Waals surface area contributed by atoms with Crippen LogP contribution in [-0.2, 0) is 10.0 Å². The second-order valence-corrected chi connectivity index (χ2v) is 5.77. The first kappa shape index (κ1) is 14.1. The summed E-state index contributed by atoms with van der Waals surface area (Å²) in [7, 11) is -3.71. The number of benzene rings is 1. The summed E-state index contributed by atoms with van der Waals surface area (Å²) < 4.78 is 39.2. The van der Waals surface area contributed by atoms with Crippen LogP contribution in [0.5, 0.6) is 0 Å². The fourth-order valence-electron chi connectivity index (χ4n) is 1.62. The van der Waals surface area contributed by atoms with Crippen LogP contribution in [0.15, 0.2) is 17.0 Å². The van der Waals surface area contributed by atoms with Gasteiger partial charge in [-0.3, -0.25) is 0 Å². The molecule has 0 aliphatic heterocycles. The monoisotopic (exact) mass is 261 g/mol. The van der Waals surface area contributed by atoms with E-state index in [0.29, 0.717) is 11.1 Å². The Balaban J connectivity index is 3.16. The third-order valence-corrected chi connectivity index (χ3v) is 3.99. The molecule has 0 amide bonds. The predicted octanol–water partition coefficient (Wildman–Crippen LogP) is 1.10. The average Bonchev–Trinajstić information content (AvgIpc) is 2.12. The molecule has 1 aromatic carbocycles. The largest absolute Gasteiger partial charge is 0.392 e. The molecule has 0 aliphatic carbocycles. The van der Waals surface area contributed by atoms with E-state index in [1.807, 2.05) is 0 Å². The maximum Gasteiger partial charge on any atom is 0.241 e. The fourth-order valence-corrected chi connectivity index (χ4v) is 3.19. The van der Waals surface area contributed by atoms with Crippen molar-refractivity contribution in [2.75, 3.05) is 6.54 Å². The van der Waals surface area contributed by atoms with Crippen LogP contribution in [0.25, 0.3) is 0 Å². The first-order valence-electron chi connectivity index (χ1n) is 5.18. The summed E-state index contributed by atoms with van der Waals surface area (Å²) in [5.74, 6) is -0.463. The Morgan fingerprint density at radius 2 is 1.82 bits per heavy atom. The van der Waals surface area contributed by atoms with E-state index in [1.54, 1.807) is 0 Å². The van der Waals surface area contributed by atoms with Crippen molar-refractivity contribution in [3.05, 3.63) is 29.1 Å². The van der Waals surface area contributed by atoms with Gasteiger partial charge in [0.25, 0.3) is 0 Å². The lowest BCUT2D eigenvalue weighted by Gasteiger charge is -2.13. The van der Waals surface area contributed by atoms with Gasteiger partial charge in [-0.05, 0) is 44.0 Å². The van der Waals surface area contributed by atoms with E-state index in [0.717, 1.165) is 0 Å². The third-order valence-electron chi connectivity index (χ3n) is 2.26. The summed E-state index contributed by atoms with van der Waals surface area (Å²) in [5.41, 5.74) is 0.696. The average molecular weight is 261 g/mol. The molecule has 96 valence electrons. The normalized spacial score (nSPS) is 13.7. The van der Waals surface area contributed by atoms with Crippen LogP contribution < -0.4 is 4.72 Å². The van der Waals surface area contributed by atoms with E-state index in [2.05, 4.69) is 4.72 Å². The molecule has 0 aliphatic rings. The van der Waals surface area contributed by atoms with Crippen molar-refractivity contribution >= 4 is 10.0 Å². The van der Waals surface area contributed by atoms with E-state index in [9.17, 15) is 12.8 Å². The molecule has 1 rings (SSSR count). The SMILES string of the molecule is Cc1cc(F)cc(C)c1S(=O)(=O)NCC(C)O. The van der Waals surface area contributed by atoms with Gasteiger partial charge < -0.3 is 5.11 Å². The number of halogens is 1. The standard InChI is InChI=1S/C11H16FNO3S/c1-7-4-10(12)5-8(2)11(7)17(15,16)13-6-9(3)14/h4-5,9,13-14H,6H2,1-3H3. The van der Waals surface area contributed by atoms with Crippen LogP contribution in [0.1, 0.15) is 18.1 Å². The number of hydrogen-bond acceptors (Lipinski definition) is 3. The van der Waals surface area contributed by atoms with Gasteiger partial charge in [0, 0.05) is 6.54 Å². The molecule has 0 fully saturated rings. The van der Waals surface area contributed by atoms with Crippen molar-refractivity contribution in [2.45, 2.75) is 31.8 Å². The van der Waals surface area contributed by atoms with Crippen molar-refractivity contribution in [2.24, 2.45) is 0 Å². The molecule has 1 atom stereocenters. The third kappa shape index (κ3) is 3.49. The van der Waals surface area contributed by atoms with Gasteiger partial charge in [0.2, 0.25) is 10.0 Å². The minimum Gasteiger partial charge on any atom is -0.392 e. The summed E-state index contributed by atoms with van der Waals surface area (Å²) in [4.78, 5) is 0.0690. The van der Waals surface area contributed by atoms with Crippen molar-refractivity contribution in [3.63, 3.8) is 0 Å². The van der Waals surface area contributed by atoms with E-state index < -0.39 is 21.9 Å². The smallest absolute Gasteiger partial charge is 0.241 e. The van der Waals surface area contributed by atoms with Gasteiger partial charge in [-0.25, -0.2) is 17.5 Å². The molecule has 4 nitrogen and oxygen atoms in total. The molecule has 0 radical (unpaired) electrons. The van der Waals surface area contributed by atoms with Crippen molar-refractivity contribution in [1.29, 1.82) is 0 Å². The fraction of sp³-hybridized carbons (Fsp3) is 0.455. The molecule has 2 N–H and O–H groups in total. The van der Waals surface area contributed by atoms with Crippen LogP contribution >= 0.6 is 0 Å². The molecule has 0 aromatic heterocycles. The van der Waals surface area contributed by atoms with Crippen LogP contribution in [0.4, 0.5) is 4.39 Å². The van der Waals surface area contributed by atoms with Gasteiger partial charge >= 0.3 is 0 Å². The number of aliphatic hydroxyl groups is 1. The zero-order chi connectivity index (χ0) is 13.2. The zero-order valence-corrected chi connectivity index (χ0v) is 10.8. The van der Waals surface area contributed by atoms with Gasteiger partial charge in [-0.2, -0.15) is 0 Å². The summed E-state index contributed by atoms with van der Waals surface area (Å²) in [5, 5.41) is 9.06. The minimum atomic E-state index is -3.71. The number of aliphatic hydroxyl groups excluding tert-OH is 1. The lowest BCUT2D eigenvalue weighted by atomic mass is 10.1. The molecule has 0 saturated heterocycles. The maximum atomic E-state index is 13.1. The molecular weight excluding hydrogens is 245 g/mol. The highest BCUT2D eigenvalue weighted by Gasteiger charge is 2.20. The van der Waals surface area contributed by atoms with Crippen molar-refractivity contribution < 1.29 is 17.9 Å². The molecular formula is C11H16FNO3S. The lowest BCUT2D eigenvalue weighted by Crippen LogP contribution is -2.31. The molecule has 17 heavy (non-hydrogen) atoms. The predicted molar refractivity (Wildman–Crippen MR) is 62.7 cm³/mol. The van der Waals surface area contributed by atoms with Crippen LogP contribution in [0.3, 0.4) is 0 Å². The highest BCUT2D eigenvalue weighted by Crippen LogP contribution is 2.21. The molecule has 0 bridgehead atoms. The van der Waals surface area contributed by atoms with Gasteiger partial charge in [0.1, 0.15) is 5.82 Å².